The topological polar surface area (TPSA) is 50.0 Å². The fourth-order valence-electron chi connectivity index (χ4n) is 4.53. The maximum atomic E-state index is 13.0. The highest BCUT2D eigenvalue weighted by atomic mass is 16.2. The molecule has 5 rings (SSSR count). The molecule has 0 radical (unpaired) electrons. The molecule has 1 saturated heterocycles. The molecule has 3 heterocycles. The molecule has 0 atom stereocenters. The second kappa shape index (κ2) is 8.30. The first-order valence-corrected chi connectivity index (χ1v) is 10.9. The van der Waals surface area contributed by atoms with E-state index in [1.807, 2.05) is 74.7 Å². The summed E-state index contributed by atoms with van der Waals surface area (Å²) in [4.78, 5) is 30.0. The third-order valence-corrected chi connectivity index (χ3v) is 6.17. The highest BCUT2D eigenvalue weighted by Gasteiger charge is 2.21. The van der Waals surface area contributed by atoms with Gasteiger partial charge in [-0.1, -0.05) is 30.3 Å². The molecule has 6 nitrogen and oxygen atoms in total. The van der Waals surface area contributed by atoms with Crippen LogP contribution >= 0.6 is 0 Å². The molecular weight excluding hydrogens is 388 g/mol. The Morgan fingerprint density at radius 3 is 2.23 bits per heavy atom. The Hall–Kier alpha value is -3.54. The van der Waals surface area contributed by atoms with Crippen LogP contribution in [0.15, 0.2) is 77.7 Å². The molecule has 31 heavy (non-hydrogen) atoms. The quantitative estimate of drug-likeness (QED) is 0.503. The van der Waals surface area contributed by atoms with E-state index in [1.165, 1.54) is 5.69 Å². The number of fused-ring (bicyclic) bond motifs is 3. The van der Waals surface area contributed by atoms with Gasteiger partial charge in [-0.25, -0.2) is 0 Å². The summed E-state index contributed by atoms with van der Waals surface area (Å²) in [6, 6.07) is 22.0. The third-order valence-electron chi connectivity index (χ3n) is 6.17. The number of aryl methyl sites for hydroxylation is 1. The van der Waals surface area contributed by atoms with Crippen LogP contribution in [-0.2, 0) is 11.3 Å². The van der Waals surface area contributed by atoms with E-state index >= 15 is 0 Å². The van der Waals surface area contributed by atoms with E-state index < -0.39 is 0 Å². The zero-order chi connectivity index (χ0) is 21.2. The van der Waals surface area contributed by atoms with Crippen LogP contribution < -0.4 is 10.5 Å². The smallest absolute Gasteiger partial charge is 0.275 e. The number of para-hydroxylation sites is 3. The van der Waals surface area contributed by atoms with E-state index in [4.69, 9.17) is 0 Å². The summed E-state index contributed by atoms with van der Waals surface area (Å²) in [5.74, 6) is 0.175. The molecule has 1 aliphatic heterocycles. The van der Waals surface area contributed by atoms with Gasteiger partial charge in [-0.2, -0.15) is 0 Å². The first-order chi connectivity index (χ1) is 15.2. The molecular formula is C25H26N4O2. The van der Waals surface area contributed by atoms with Crippen molar-refractivity contribution in [3.63, 3.8) is 0 Å². The van der Waals surface area contributed by atoms with Crippen LogP contribution in [0.4, 0.5) is 5.69 Å². The number of amides is 1. The first kappa shape index (κ1) is 19.4. The molecule has 0 aliphatic carbocycles. The van der Waals surface area contributed by atoms with Gasteiger partial charge in [0.05, 0.1) is 11.0 Å². The summed E-state index contributed by atoms with van der Waals surface area (Å²) in [5.41, 5.74) is 3.78. The summed E-state index contributed by atoms with van der Waals surface area (Å²) in [5, 5.41) is 0. The van der Waals surface area contributed by atoms with E-state index in [0.29, 0.717) is 24.9 Å². The van der Waals surface area contributed by atoms with E-state index in [9.17, 15) is 9.59 Å². The van der Waals surface area contributed by atoms with Crippen LogP contribution in [-0.4, -0.2) is 46.0 Å². The second-order valence-electron chi connectivity index (χ2n) is 8.02. The minimum Gasteiger partial charge on any atom is -0.368 e. The predicted molar refractivity (Wildman–Crippen MR) is 124 cm³/mol. The van der Waals surface area contributed by atoms with Crippen molar-refractivity contribution >= 4 is 28.1 Å². The van der Waals surface area contributed by atoms with Gasteiger partial charge in [0.1, 0.15) is 5.52 Å². The van der Waals surface area contributed by atoms with Gasteiger partial charge in [-0.15, -0.1) is 0 Å². The fourth-order valence-corrected chi connectivity index (χ4v) is 4.53. The first-order valence-electron chi connectivity index (χ1n) is 10.9. The van der Waals surface area contributed by atoms with Crippen molar-refractivity contribution in [3.8, 4) is 0 Å². The molecule has 2 aromatic heterocycles. The van der Waals surface area contributed by atoms with Gasteiger partial charge in [0.25, 0.3) is 5.56 Å². The zero-order valence-corrected chi connectivity index (χ0v) is 17.5. The van der Waals surface area contributed by atoms with Crippen molar-refractivity contribution in [3.05, 3.63) is 83.3 Å². The number of aromatic nitrogens is 2. The Labute approximate surface area is 180 Å². The summed E-state index contributed by atoms with van der Waals surface area (Å²) in [6.45, 7) is 3.73. The van der Waals surface area contributed by atoms with Crippen LogP contribution in [0.3, 0.4) is 0 Å². The summed E-state index contributed by atoms with van der Waals surface area (Å²) >= 11 is 0. The molecule has 1 aliphatic rings. The molecule has 0 bridgehead atoms. The molecule has 0 saturated carbocycles. The number of carbonyl (C=O) groups excluding carboxylic acids is 1. The number of hydrogen-bond donors (Lipinski definition) is 0. The van der Waals surface area contributed by atoms with Crippen LogP contribution in [0.25, 0.3) is 16.6 Å². The number of anilines is 1. The lowest BCUT2D eigenvalue weighted by Gasteiger charge is -2.36. The normalized spacial score (nSPS) is 14.5. The number of benzene rings is 2. The second-order valence-corrected chi connectivity index (χ2v) is 8.02. The highest BCUT2D eigenvalue weighted by Crippen LogP contribution is 2.17. The molecule has 0 spiro atoms. The van der Waals surface area contributed by atoms with Crippen molar-refractivity contribution in [2.75, 3.05) is 31.1 Å². The SMILES string of the molecule is O=C(CCCn1c(=O)c2cccn2c2ccccc21)N1CCN(c2ccccc2)CC1. The summed E-state index contributed by atoms with van der Waals surface area (Å²) in [7, 11) is 0. The number of piperazine rings is 1. The van der Waals surface area contributed by atoms with Crippen LogP contribution in [0.2, 0.25) is 0 Å². The molecule has 1 amide bonds. The van der Waals surface area contributed by atoms with E-state index in [2.05, 4.69) is 17.0 Å². The van der Waals surface area contributed by atoms with E-state index in [0.717, 1.165) is 37.2 Å². The highest BCUT2D eigenvalue weighted by molar-refractivity contribution is 5.79. The number of rotatable bonds is 5. The van der Waals surface area contributed by atoms with Crippen molar-refractivity contribution in [1.29, 1.82) is 0 Å². The van der Waals surface area contributed by atoms with Gasteiger partial charge in [-0.3, -0.25) is 9.59 Å². The maximum absolute atomic E-state index is 13.0. The number of hydrogen-bond acceptors (Lipinski definition) is 3. The van der Waals surface area contributed by atoms with Gasteiger partial charge >= 0.3 is 0 Å². The van der Waals surface area contributed by atoms with Crippen molar-refractivity contribution in [2.45, 2.75) is 19.4 Å². The fraction of sp³-hybridized carbons (Fsp3) is 0.280. The van der Waals surface area contributed by atoms with Crippen molar-refractivity contribution in [1.82, 2.24) is 13.9 Å². The van der Waals surface area contributed by atoms with Crippen LogP contribution in [0.1, 0.15) is 12.8 Å². The largest absolute Gasteiger partial charge is 0.368 e. The number of carbonyl (C=O) groups is 1. The minimum atomic E-state index is -0.00683. The number of nitrogens with zero attached hydrogens (tertiary/aromatic N) is 4. The van der Waals surface area contributed by atoms with Gasteiger partial charge in [0.2, 0.25) is 5.91 Å². The van der Waals surface area contributed by atoms with Crippen molar-refractivity contribution < 1.29 is 4.79 Å². The van der Waals surface area contributed by atoms with Gasteiger partial charge in [-0.05, 0) is 42.8 Å². The van der Waals surface area contributed by atoms with Crippen LogP contribution in [0.5, 0.6) is 0 Å². The lowest BCUT2D eigenvalue weighted by Crippen LogP contribution is -2.48. The molecule has 1 fully saturated rings. The Morgan fingerprint density at radius 1 is 0.774 bits per heavy atom. The summed E-state index contributed by atoms with van der Waals surface area (Å²) < 4.78 is 3.75. The molecule has 4 aromatic rings. The molecule has 2 aromatic carbocycles. The zero-order valence-electron chi connectivity index (χ0n) is 17.5. The molecule has 0 N–H and O–H groups in total. The monoisotopic (exact) mass is 414 g/mol. The van der Waals surface area contributed by atoms with Crippen molar-refractivity contribution in [2.24, 2.45) is 0 Å². The van der Waals surface area contributed by atoms with E-state index in [1.54, 1.807) is 0 Å². The van der Waals surface area contributed by atoms with Gasteiger partial charge in [0.15, 0.2) is 0 Å². The van der Waals surface area contributed by atoms with E-state index in [-0.39, 0.29) is 11.5 Å². The molecule has 158 valence electrons. The maximum Gasteiger partial charge on any atom is 0.275 e. The Balaban J connectivity index is 1.23. The lowest BCUT2D eigenvalue weighted by atomic mass is 10.2. The summed E-state index contributed by atoms with van der Waals surface area (Å²) in [6.07, 6.45) is 3.03. The Morgan fingerprint density at radius 2 is 1.45 bits per heavy atom. The Bertz CT molecular complexity index is 1270. The van der Waals surface area contributed by atoms with Gasteiger partial charge in [0, 0.05) is 51.0 Å². The molecule has 6 heteroatoms. The minimum absolute atomic E-state index is 0.00683. The standard InChI is InChI=1S/C25H26N4O2/c30-24(27-18-16-26(17-19-27)20-8-2-1-3-9-20)13-7-15-29-22-11-5-4-10-21(22)28-14-6-12-23(28)25(29)31/h1-6,8-12,14H,7,13,15-19H2. The molecule has 0 unspecified atom stereocenters. The Kier molecular flexibility index (Phi) is 5.20. The lowest BCUT2D eigenvalue weighted by molar-refractivity contribution is -0.131. The average Bonchev–Trinajstić information content (AvgIpc) is 3.32. The predicted octanol–water partition coefficient (Wildman–Crippen LogP) is 3.38. The average molecular weight is 415 g/mol. The van der Waals surface area contributed by atoms with Crippen LogP contribution in [0, 0.1) is 0 Å². The van der Waals surface area contributed by atoms with Gasteiger partial charge < -0.3 is 18.8 Å². The third kappa shape index (κ3) is 3.69.